The Hall–Kier alpha value is -2.38. The largest absolute Gasteiger partial charge is 0.490 e. The Bertz CT molecular complexity index is 824. The van der Waals surface area contributed by atoms with Gasteiger partial charge in [-0.3, -0.25) is 4.90 Å². The van der Waals surface area contributed by atoms with Crippen LogP contribution >= 0.6 is 0 Å². The summed E-state index contributed by atoms with van der Waals surface area (Å²) in [5.41, 5.74) is 3.34. The van der Waals surface area contributed by atoms with E-state index in [0.29, 0.717) is 11.3 Å². The number of aryl methyl sites for hydroxylation is 1. The van der Waals surface area contributed by atoms with E-state index < -0.39 is 24.3 Å². The Balaban J connectivity index is 0.000000362. The van der Waals surface area contributed by atoms with Crippen molar-refractivity contribution < 1.29 is 50.9 Å². The van der Waals surface area contributed by atoms with Crippen LogP contribution < -0.4 is 0 Å². The van der Waals surface area contributed by atoms with E-state index in [4.69, 9.17) is 24.5 Å². The third-order valence-electron chi connectivity index (χ3n) is 5.96. The van der Waals surface area contributed by atoms with Crippen LogP contribution in [-0.2, 0) is 20.9 Å². The number of rotatable bonds is 4. The molecule has 2 aliphatic heterocycles. The average Bonchev–Trinajstić information content (AvgIpc) is 3.26. The number of carboxylic acid groups (broad SMARTS) is 2. The van der Waals surface area contributed by atoms with Crippen molar-refractivity contribution in [1.82, 2.24) is 9.80 Å². The molecule has 0 aromatic heterocycles. The molecule has 0 saturated carbocycles. The molecule has 2 saturated heterocycles. The lowest BCUT2D eigenvalue weighted by Crippen LogP contribution is -2.36. The van der Waals surface area contributed by atoms with Crippen LogP contribution in [0.2, 0.25) is 0 Å². The minimum Gasteiger partial charge on any atom is -0.475 e. The van der Waals surface area contributed by atoms with Crippen LogP contribution in [0.15, 0.2) is 24.3 Å². The van der Waals surface area contributed by atoms with Gasteiger partial charge in [0, 0.05) is 44.6 Å². The Morgan fingerprint density at radius 1 is 1.06 bits per heavy atom. The van der Waals surface area contributed by atoms with Crippen molar-refractivity contribution in [2.24, 2.45) is 11.3 Å². The summed E-state index contributed by atoms with van der Waals surface area (Å²) in [6.45, 7) is 9.08. The predicted octanol–water partition coefficient (Wildman–Crippen LogP) is 3.66. The highest BCUT2D eigenvalue weighted by Gasteiger charge is 2.49. The summed E-state index contributed by atoms with van der Waals surface area (Å²) in [4.78, 5) is 22.9. The molecule has 35 heavy (non-hydrogen) atoms. The lowest BCUT2D eigenvalue weighted by molar-refractivity contribution is -0.193. The van der Waals surface area contributed by atoms with Gasteiger partial charge >= 0.3 is 24.3 Å². The normalized spacial score (nSPS) is 22.8. The number of hydrogen-bond donors (Lipinski definition) is 2. The number of benzene rings is 1. The fraction of sp³-hybridized carbons (Fsp3) is 0.636. The third-order valence-corrected chi connectivity index (χ3v) is 5.96. The van der Waals surface area contributed by atoms with Gasteiger partial charge in [0.15, 0.2) is 0 Å². The van der Waals surface area contributed by atoms with Crippen LogP contribution in [0.4, 0.5) is 26.3 Å². The molecule has 2 aliphatic rings. The zero-order valence-electron chi connectivity index (χ0n) is 19.6. The molecule has 0 bridgehead atoms. The van der Waals surface area contributed by atoms with Crippen molar-refractivity contribution in [3.8, 4) is 0 Å². The molecule has 2 fully saturated rings. The molecule has 1 spiro atoms. The van der Waals surface area contributed by atoms with E-state index in [1.54, 1.807) is 0 Å². The highest BCUT2D eigenvalue weighted by molar-refractivity contribution is 5.73. The number of halogens is 6. The molecular formula is C22H30F6N2O5. The summed E-state index contributed by atoms with van der Waals surface area (Å²) in [5, 5.41) is 14.2. The number of nitrogens with zero attached hydrogens (tertiary/aromatic N) is 2. The van der Waals surface area contributed by atoms with Gasteiger partial charge in [0.2, 0.25) is 0 Å². The summed E-state index contributed by atoms with van der Waals surface area (Å²) >= 11 is 0. The second kappa shape index (κ2) is 12.5. The molecule has 13 heteroatoms. The van der Waals surface area contributed by atoms with Crippen molar-refractivity contribution in [3.05, 3.63) is 35.4 Å². The Kier molecular flexibility index (Phi) is 11.0. The fourth-order valence-electron chi connectivity index (χ4n) is 4.34. The molecule has 0 unspecified atom stereocenters. The fourth-order valence-corrected chi connectivity index (χ4v) is 4.34. The summed E-state index contributed by atoms with van der Waals surface area (Å²) in [7, 11) is 4.09. The first kappa shape index (κ1) is 30.7. The minimum atomic E-state index is -5.08. The highest BCUT2D eigenvalue weighted by Crippen LogP contribution is 2.43. The topological polar surface area (TPSA) is 90.3 Å². The Labute approximate surface area is 199 Å². The highest BCUT2D eigenvalue weighted by atomic mass is 19.4. The van der Waals surface area contributed by atoms with E-state index in [-0.39, 0.29) is 0 Å². The summed E-state index contributed by atoms with van der Waals surface area (Å²) in [5.74, 6) is -4.82. The van der Waals surface area contributed by atoms with Gasteiger partial charge < -0.3 is 19.8 Å². The van der Waals surface area contributed by atoms with Gasteiger partial charge in [0.25, 0.3) is 0 Å². The molecule has 3 rings (SSSR count). The summed E-state index contributed by atoms with van der Waals surface area (Å²) in [6, 6.07) is 8.78. The monoisotopic (exact) mass is 516 g/mol. The molecule has 1 aromatic carbocycles. The maximum Gasteiger partial charge on any atom is 0.490 e. The molecule has 2 N–H and O–H groups in total. The lowest BCUT2D eigenvalue weighted by Gasteiger charge is -2.30. The standard InChI is InChI=1S/C18H28N2O.2C2HF3O2/c1-15-6-4-5-7-16(15)10-20-9-8-18(14-20)13-19(2)11-17(18)12-21-3;2*3-2(4,5)1(6)7/h4-7,17H,8-14H2,1-3H3;2*(H,6,7)/t17-,18-;;/m1../s1. The van der Waals surface area contributed by atoms with E-state index in [2.05, 4.69) is 48.0 Å². The van der Waals surface area contributed by atoms with Crippen LogP contribution in [0.25, 0.3) is 0 Å². The van der Waals surface area contributed by atoms with Crippen molar-refractivity contribution in [3.63, 3.8) is 0 Å². The molecule has 200 valence electrons. The maximum atomic E-state index is 10.6. The van der Waals surface area contributed by atoms with Crippen LogP contribution in [0.5, 0.6) is 0 Å². The third kappa shape index (κ3) is 9.65. The van der Waals surface area contributed by atoms with Crippen molar-refractivity contribution in [2.45, 2.75) is 32.2 Å². The van der Waals surface area contributed by atoms with E-state index in [1.165, 1.54) is 43.7 Å². The first-order chi connectivity index (χ1) is 16.0. The van der Waals surface area contributed by atoms with E-state index in [0.717, 1.165) is 13.2 Å². The summed E-state index contributed by atoms with van der Waals surface area (Å²) < 4.78 is 69.0. The van der Waals surface area contributed by atoms with Crippen molar-refractivity contribution >= 4 is 11.9 Å². The first-order valence-corrected chi connectivity index (χ1v) is 10.6. The molecule has 0 radical (unpaired) electrons. The van der Waals surface area contributed by atoms with Gasteiger partial charge in [0.1, 0.15) is 0 Å². The number of carbonyl (C=O) groups is 2. The number of methoxy groups -OCH3 is 1. The number of aliphatic carboxylic acids is 2. The van der Waals surface area contributed by atoms with Gasteiger partial charge in [0.05, 0.1) is 6.61 Å². The minimum absolute atomic E-state index is 0.452. The molecule has 2 atom stereocenters. The average molecular weight is 516 g/mol. The second-order valence-corrected chi connectivity index (χ2v) is 8.70. The molecule has 2 heterocycles. The van der Waals surface area contributed by atoms with Crippen LogP contribution in [0.1, 0.15) is 17.5 Å². The van der Waals surface area contributed by atoms with Crippen molar-refractivity contribution in [2.75, 3.05) is 46.9 Å². The Morgan fingerprint density at radius 3 is 2.03 bits per heavy atom. The molecule has 0 amide bonds. The lowest BCUT2D eigenvalue weighted by atomic mass is 9.77. The SMILES string of the molecule is COC[C@H]1CN(C)C[C@@]12CCN(Cc1ccccc1C)C2.O=C(O)C(F)(F)F.O=C(O)C(F)(F)F. The number of alkyl halides is 6. The van der Waals surface area contributed by atoms with Gasteiger partial charge in [-0.15, -0.1) is 0 Å². The second-order valence-electron chi connectivity index (χ2n) is 8.70. The van der Waals surface area contributed by atoms with Crippen LogP contribution in [0.3, 0.4) is 0 Å². The smallest absolute Gasteiger partial charge is 0.475 e. The van der Waals surface area contributed by atoms with Gasteiger partial charge in [-0.2, -0.15) is 26.3 Å². The number of likely N-dealkylation sites (tertiary alicyclic amines) is 2. The number of carboxylic acids is 2. The predicted molar refractivity (Wildman–Crippen MR) is 114 cm³/mol. The van der Waals surface area contributed by atoms with Gasteiger partial charge in [-0.1, -0.05) is 24.3 Å². The Morgan fingerprint density at radius 2 is 1.57 bits per heavy atom. The summed E-state index contributed by atoms with van der Waals surface area (Å²) in [6.07, 6.45) is -8.85. The van der Waals surface area contributed by atoms with E-state index in [1.807, 2.05) is 7.11 Å². The molecule has 0 aliphatic carbocycles. The van der Waals surface area contributed by atoms with Gasteiger partial charge in [-0.25, -0.2) is 9.59 Å². The molecule has 7 nitrogen and oxygen atoms in total. The van der Waals surface area contributed by atoms with Crippen molar-refractivity contribution in [1.29, 1.82) is 0 Å². The quantitative estimate of drug-likeness (QED) is 0.591. The number of ether oxygens (including phenoxy) is 1. The first-order valence-electron chi connectivity index (χ1n) is 10.6. The van der Waals surface area contributed by atoms with E-state index in [9.17, 15) is 26.3 Å². The molecule has 1 aromatic rings. The van der Waals surface area contributed by atoms with Crippen LogP contribution in [-0.4, -0.2) is 91.2 Å². The molecular weight excluding hydrogens is 486 g/mol. The zero-order valence-corrected chi connectivity index (χ0v) is 19.6. The van der Waals surface area contributed by atoms with E-state index >= 15 is 0 Å². The van der Waals surface area contributed by atoms with Crippen LogP contribution in [0, 0.1) is 18.3 Å². The number of hydrogen-bond acceptors (Lipinski definition) is 5. The van der Waals surface area contributed by atoms with Gasteiger partial charge in [-0.05, 0) is 38.1 Å². The zero-order chi connectivity index (χ0) is 27.0. The maximum absolute atomic E-state index is 10.6.